The molecular formula is C18H24ClN3O4. The van der Waals surface area contributed by atoms with Gasteiger partial charge in [-0.15, -0.1) is 0 Å². The van der Waals surface area contributed by atoms with Gasteiger partial charge in [-0.2, -0.15) is 0 Å². The quantitative estimate of drug-likeness (QED) is 0.691. The third-order valence-electron chi connectivity index (χ3n) is 4.47. The van der Waals surface area contributed by atoms with Crippen molar-refractivity contribution in [3.63, 3.8) is 0 Å². The van der Waals surface area contributed by atoms with Crippen molar-refractivity contribution in [3.8, 4) is 0 Å². The van der Waals surface area contributed by atoms with Gasteiger partial charge in [0.2, 0.25) is 5.91 Å². The number of carboxylic acids is 1. The van der Waals surface area contributed by atoms with Crippen LogP contribution in [0.15, 0.2) is 18.2 Å². The zero-order chi connectivity index (χ0) is 19.6. The molecule has 1 aromatic rings. The predicted molar refractivity (Wildman–Crippen MR) is 98.9 cm³/mol. The fourth-order valence-corrected chi connectivity index (χ4v) is 3.17. The zero-order valence-corrected chi connectivity index (χ0v) is 15.8. The average molecular weight is 382 g/mol. The Morgan fingerprint density at radius 2 is 2.00 bits per heavy atom. The van der Waals surface area contributed by atoms with Crippen LogP contribution in [0.4, 0.5) is 5.69 Å². The summed E-state index contributed by atoms with van der Waals surface area (Å²) in [5.41, 5.74) is 5.69. The molecule has 0 radical (unpaired) electrons. The number of nitrogens with two attached hydrogens (primary N) is 1. The molecular weight excluding hydrogens is 358 g/mol. The number of hydrogen-bond donors (Lipinski definition) is 3. The molecule has 1 heterocycles. The van der Waals surface area contributed by atoms with Crippen LogP contribution in [0.5, 0.6) is 0 Å². The van der Waals surface area contributed by atoms with E-state index in [1.165, 1.54) is 23.1 Å². The van der Waals surface area contributed by atoms with Crippen molar-refractivity contribution in [3.05, 3.63) is 28.8 Å². The lowest BCUT2D eigenvalue weighted by Crippen LogP contribution is -2.56. The summed E-state index contributed by atoms with van der Waals surface area (Å²) < 4.78 is 0. The van der Waals surface area contributed by atoms with E-state index in [-0.39, 0.29) is 10.6 Å². The van der Waals surface area contributed by atoms with Crippen LogP contribution in [0.3, 0.4) is 0 Å². The molecule has 1 saturated heterocycles. The van der Waals surface area contributed by atoms with Crippen molar-refractivity contribution < 1.29 is 19.5 Å². The summed E-state index contributed by atoms with van der Waals surface area (Å²) in [7, 11) is 0. The monoisotopic (exact) mass is 381 g/mol. The number of nitrogen functional groups attached to an aromatic ring is 1. The van der Waals surface area contributed by atoms with Gasteiger partial charge in [0.1, 0.15) is 12.1 Å². The van der Waals surface area contributed by atoms with Crippen LogP contribution in [0.1, 0.15) is 44.0 Å². The number of aliphatic carboxylic acids is 1. The molecule has 0 spiro atoms. The second kappa shape index (κ2) is 7.53. The van der Waals surface area contributed by atoms with Gasteiger partial charge in [-0.05, 0) is 36.5 Å². The molecule has 1 fully saturated rings. The smallest absolute Gasteiger partial charge is 0.326 e. The number of carboxylic acid groups (broad SMARTS) is 1. The van der Waals surface area contributed by atoms with Crippen LogP contribution >= 0.6 is 11.6 Å². The van der Waals surface area contributed by atoms with Gasteiger partial charge in [0.25, 0.3) is 5.91 Å². The molecule has 2 rings (SSSR count). The number of halogens is 1. The first-order valence-electron chi connectivity index (χ1n) is 8.41. The van der Waals surface area contributed by atoms with Crippen LogP contribution in [-0.4, -0.2) is 46.4 Å². The fourth-order valence-electron chi connectivity index (χ4n) is 2.98. The van der Waals surface area contributed by atoms with Gasteiger partial charge < -0.3 is 21.1 Å². The topological polar surface area (TPSA) is 113 Å². The van der Waals surface area contributed by atoms with E-state index >= 15 is 0 Å². The Morgan fingerprint density at radius 1 is 1.35 bits per heavy atom. The van der Waals surface area contributed by atoms with Crippen molar-refractivity contribution in [2.45, 2.75) is 45.7 Å². The molecule has 1 unspecified atom stereocenters. The van der Waals surface area contributed by atoms with Crippen LogP contribution in [-0.2, 0) is 9.59 Å². The first-order chi connectivity index (χ1) is 12.0. The van der Waals surface area contributed by atoms with Crippen LogP contribution in [0.2, 0.25) is 5.02 Å². The van der Waals surface area contributed by atoms with Gasteiger partial charge in [-0.1, -0.05) is 32.4 Å². The fraction of sp³-hybridized carbons (Fsp3) is 0.500. The van der Waals surface area contributed by atoms with Gasteiger partial charge in [-0.25, -0.2) is 4.79 Å². The molecule has 2 atom stereocenters. The number of anilines is 1. The van der Waals surface area contributed by atoms with E-state index in [9.17, 15) is 19.5 Å². The predicted octanol–water partition coefficient (Wildman–Crippen LogP) is 2.14. The summed E-state index contributed by atoms with van der Waals surface area (Å²) in [4.78, 5) is 38.3. The number of hydrogen-bond acceptors (Lipinski definition) is 4. The Bertz CT molecular complexity index is 730. The van der Waals surface area contributed by atoms with Crippen LogP contribution in [0, 0.1) is 5.41 Å². The Kier molecular flexibility index (Phi) is 5.81. The largest absolute Gasteiger partial charge is 0.480 e. The van der Waals surface area contributed by atoms with E-state index in [4.69, 9.17) is 17.3 Å². The van der Waals surface area contributed by atoms with Gasteiger partial charge in [-0.3, -0.25) is 9.59 Å². The number of benzene rings is 1. The van der Waals surface area contributed by atoms with Gasteiger partial charge >= 0.3 is 5.97 Å². The molecule has 4 N–H and O–H groups in total. The normalized spacial score (nSPS) is 18.5. The molecule has 0 saturated carbocycles. The van der Waals surface area contributed by atoms with E-state index in [0.717, 1.165) is 0 Å². The summed E-state index contributed by atoms with van der Waals surface area (Å²) >= 11 is 5.96. The second-order valence-corrected chi connectivity index (χ2v) is 7.94. The van der Waals surface area contributed by atoms with Gasteiger partial charge in [0.15, 0.2) is 0 Å². The summed E-state index contributed by atoms with van der Waals surface area (Å²) in [6.07, 6.45) is 1.04. The third kappa shape index (κ3) is 4.27. The molecule has 142 valence electrons. The highest BCUT2D eigenvalue weighted by Gasteiger charge is 2.41. The number of amides is 2. The maximum Gasteiger partial charge on any atom is 0.326 e. The number of likely N-dealkylation sites (tertiary alicyclic amines) is 1. The lowest BCUT2D eigenvalue weighted by molar-refractivity contribution is -0.150. The minimum atomic E-state index is -1.03. The van der Waals surface area contributed by atoms with Crippen molar-refractivity contribution >= 4 is 35.1 Å². The highest BCUT2D eigenvalue weighted by molar-refractivity contribution is 6.33. The molecule has 1 aliphatic heterocycles. The van der Waals surface area contributed by atoms with E-state index in [2.05, 4.69) is 5.32 Å². The Hall–Kier alpha value is -2.28. The van der Waals surface area contributed by atoms with Gasteiger partial charge in [0.05, 0.1) is 10.7 Å². The van der Waals surface area contributed by atoms with Crippen LogP contribution < -0.4 is 11.1 Å². The summed E-state index contributed by atoms with van der Waals surface area (Å²) in [6, 6.07) is 2.76. The number of carbonyl (C=O) groups excluding carboxylic acids is 2. The highest BCUT2D eigenvalue weighted by Crippen LogP contribution is 2.26. The number of nitrogens with zero attached hydrogens (tertiary/aromatic N) is 1. The maximum atomic E-state index is 13.0. The molecule has 7 nitrogen and oxygen atoms in total. The summed E-state index contributed by atoms with van der Waals surface area (Å²) in [5, 5.41) is 12.3. The Labute approximate surface area is 157 Å². The van der Waals surface area contributed by atoms with E-state index < -0.39 is 35.3 Å². The van der Waals surface area contributed by atoms with Crippen molar-refractivity contribution in [1.29, 1.82) is 0 Å². The molecule has 0 aliphatic carbocycles. The molecule has 1 aromatic carbocycles. The Morgan fingerprint density at radius 3 is 2.54 bits per heavy atom. The maximum absolute atomic E-state index is 13.0. The van der Waals surface area contributed by atoms with E-state index in [1.54, 1.807) is 0 Å². The van der Waals surface area contributed by atoms with Gasteiger partial charge in [0, 0.05) is 12.1 Å². The van der Waals surface area contributed by atoms with Crippen molar-refractivity contribution in [2.75, 3.05) is 12.3 Å². The number of nitrogens with one attached hydrogen (secondary N) is 1. The molecule has 26 heavy (non-hydrogen) atoms. The van der Waals surface area contributed by atoms with E-state index in [1.807, 2.05) is 20.8 Å². The van der Waals surface area contributed by atoms with Crippen LogP contribution in [0.25, 0.3) is 0 Å². The highest BCUT2D eigenvalue weighted by atomic mass is 35.5. The first kappa shape index (κ1) is 20.0. The lowest BCUT2D eigenvalue weighted by Gasteiger charge is -2.34. The minimum absolute atomic E-state index is 0.252. The molecule has 0 bridgehead atoms. The SMILES string of the molecule is CC(C)(C)C(NC(=O)c1ccc(N)c(Cl)c1)C(=O)N1CCC[C@H]1C(=O)O. The number of carbonyl (C=O) groups is 3. The number of rotatable bonds is 4. The summed E-state index contributed by atoms with van der Waals surface area (Å²) in [5.74, 6) is -1.89. The van der Waals surface area contributed by atoms with Crippen molar-refractivity contribution in [1.82, 2.24) is 10.2 Å². The second-order valence-electron chi connectivity index (χ2n) is 7.54. The minimum Gasteiger partial charge on any atom is -0.480 e. The standard InChI is InChI=1S/C18H24ClN3O4/c1-18(2,3)14(16(24)22-8-4-5-13(22)17(25)26)21-15(23)10-6-7-12(20)11(19)9-10/h6-7,9,13-14H,4-5,8,20H2,1-3H3,(H,21,23)(H,25,26)/t13-,14?/m0/s1. The average Bonchev–Trinajstić information content (AvgIpc) is 3.03. The zero-order valence-electron chi connectivity index (χ0n) is 15.1. The third-order valence-corrected chi connectivity index (χ3v) is 4.80. The Balaban J connectivity index is 2.24. The molecule has 8 heteroatoms. The summed E-state index contributed by atoms with van der Waals surface area (Å²) in [6.45, 7) is 5.82. The lowest BCUT2D eigenvalue weighted by atomic mass is 9.85. The molecule has 2 amide bonds. The first-order valence-corrected chi connectivity index (χ1v) is 8.79. The molecule has 0 aromatic heterocycles. The van der Waals surface area contributed by atoms with E-state index in [0.29, 0.717) is 25.1 Å². The van der Waals surface area contributed by atoms with Crippen molar-refractivity contribution in [2.24, 2.45) is 5.41 Å². The molecule has 1 aliphatic rings.